The first-order valence-electron chi connectivity index (χ1n) is 5.18. The van der Waals surface area contributed by atoms with Crippen molar-refractivity contribution < 1.29 is 9.53 Å². The average Bonchev–Trinajstić information content (AvgIpc) is 2.27. The van der Waals surface area contributed by atoms with Gasteiger partial charge in [-0.1, -0.05) is 30.3 Å². The second kappa shape index (κ2) is 6.19. The van der Waals surface area contributed by atoms with E-state index in [1.807, 2.05) is 37.3 Å². The van der Waals surface area contributed by atoms with Gasteiger partial charge in [0.2, 0.25) is 0 Å². The maximum absolute atomic E-state index is 11.3. The third kappa shape index (κ3) is 4.13. The maximum Gasteiger partial charge on any atom is 0.322 e. The molecule has 0 amide bonds. The molecule has 0 aromatic heterocycles. The Kier molecular flexibility index (Phi) is 4.84. The van der Waals surface area contributed by atoms with Gasteiger partial charge in [0.15, 0.2) is 0 Å². The molecule has 15 heavy (non-hydrogen) atoms. The van der Waals surface area contributed by atoms with Gasteiger partial charge < -0.3 is 10.1 Å². The van der Waals surface area contributed by atoms with Crippen molar-refractivity contribution in [3.05, 3.63) is 35.9 Å². The van der Waals surface area contributed by atoms with Crippen LogP contribution in [0.2, 0.25) is 0 Å². The van der Waals surface area contributed by atoms with Gasteiger partial charge in [-0.3, -0.25) is 4.79 Å². The monoisotopic (exact) mass is 207 g/mol. The summed E-state index contributed by atoms with van der Waals surface area (Å²) in [4.78, 5) is 11.3. The molecular weight excluding hydrogens is 190 g/mol. The van der Waals surface area contributed by atoms with E-state index in [-0.39, 0.29) is 12.0 Å². The zero-order chi connectivity index (χ0) is 11.1. The van der Waals surface area contributed by atoms with E-state index in [1.54, 1.807) is 6.92 Å². The summed E-state index contributed by atoms with van der Waals surface area (Å²) in [6, 6.07) is 9.71. The third-order valence-electron chi connectivity index (χ3n) is 2.10. The highest BCUT2D eigenvalue weighted by atomic mass is 16.5. The lowest BCUT2D eigenvalue weighted by Crippen LogP contribution is -2.34. The fourth-order valence-corrected chi connectivity index (χ4v) is 1.22. The smallest absolute Gasteiger partial charge is 0.322 e. The molecule has 3 nitrogen and oxygen atoms in total. The van der Waals surface area contributed by atoms with Crippen LogP contribution in [0.3, 0.4) is 0 Å². The van der Waals surface area contributed by atoms with Crippen LogP contribution in [0.5, 0.6) is 0 Å². The molecule has 1 atom stereocenters. The van der Waals surface area contributed by atoms with Gasteiger partial charge in [0.05, 0.1) is 6.61 Å². The molecule has 0 aliphatic carbocycles. The molecular formula is C12H17NO2. The SMILES string of the molecule is CCOC(=O)[C@@H](C)NCc1ccccc1. The molecule has 1 rings (SSSR count). The van der Waals surface area contributed by atoms with Gasteiger partial charge in [0, 0.05) is 6.54 Å². The van der Waals surface area contributed by atoms with E-state index in [0.717, 1.165) is 5.56 Å². The molecule has 0 fully saturated rings. The van der Waals surface area contributed by atoms with Crippen molar-refractivity contribution in [2.45, 2.75) is 26.4 Å². The number of carbonyl (C=O) groups is 1. The minimum absolute atomic E-state index is 0.201. The summed E-state index contributed by atoms with van der Waals surface area (Å²) < 4.78 is 4.89. The van der Waals surface area contributed by atoms with E-state index < -0.39 is 0 Å². The van der Waals surface area contributed by atoms with E-state index in [1.165, 1.54) is 0 Å². The summed E-state index contributed by atoms with van der Waals surface area (Å²) >= 11 is 0. The molecule has 1 aromatic rings. The van der Waals surface area contributed by atoms with Crippen molar-refractivity contribution in [1.29, 1.82) is 0 Å². The van der Waals surface area contributed by atoms with Crippen LogP contribution in [0.4, 0.5) is 0 Å². The maximum atomic E-state index is 11.3. The summed E-state index contributed by atoms with van der Waals surface area (Å²) in [6.45, 7) is 4.72. The van der Waals surface area contributed by atoms with E-state index in [0.29, 0.717) is 13.2 Å². The first kappa shape index (κ1) is 11.7. The molecule has 0 aliphatic rings. The van der Waals surface area contributed by atoms with Crippen molar-refractivity contribution in [3.8, 4) is 0 Å². The number of ether oxygens (including phenoxy) is 1. The predicted octanol–water partition coefficient (Wildman–Crippen LogP) is 1.73. The second-order valence-corrected chi connectivity index (χ2v) is 3.34. The van der Waals surface area contributed by atoms with Crippen LogP contribution in [0.15, 0.2) is 30.3 Å². The number of hydrogen-bond acceptors (Lipinski definition) is 3. The fraction of sp³-hybridized carbons (Fsp3) is 0.417. The number of hydrogen-bond donors (Lipinski definition) is 1. The van der Waals surface area contributed by atoms with Crippen molar-refractivity contribution in [2.75, 3.05) is 6.61 Å². The van der Waals surface area contributed by atoms with Gasteiger partial charge in [0.1, 0.15) is 6.04 Å². The minimum Gasteiger partial charge on any atom is -0.465 e. The standard InChI is InChI=1S/C12H17NO2/c1-3-15-12(14)10(2)13-9-11-7-5-4-6-8-11/h4-8,10,13H,3,9H2,1-2H3/t10-/m1/s1. The van der Waals surface area contributed by atoms with Crippen LogP contribution in [-0.2, 0) is 16.1 Å². The van der Waals surface area contributed by atoms with Gasteiger partial charge >= 0.3 is 5.97 Å². The molecule has 0 spiro atoms. The van der Waals surface area contributed by atoms with Crippen molar-refractivity contribution >= 4 is 5.97 Å². The molecule has 0 radical (unpaired) electrons. The molecule has 0 aliphatic heterocycles. The quantitative estimate of drug-likeness (QED) is 0.747. The average molecular weight is 207 g/mol. The number of carbonyl (C=O) groups excluding carboxylic acids is 1. The molecule has 0 heterocycles. The summed E-state index contributed by atoms with van der Waals surface area (Å²) in [5.41, 5.74) is 1.16. The number of esters is 1. The highest BCUT2D eigenvalue weighted by Crippen LogP contribution is 1.98. The van der Waals surface area contributed by atoms with Crippen molar-refractivity contribution in [2.24, 2.45) is 0 Å². The Morgan fingerprint density at radius 3 is 2.67 bits per heavy atom. The van der Waals surface area contributed by atoms with Crippen LogP contribution in [0, 0.1) is 0 Å². The summed E-state index contributed by atoms with van der Waals surface area (Å²) in [6.07, 6.45) is 0. The highest BCUT2D eigenvalue weighted by Gasteiger charge is 2.12. The Bertz CT molecular complexity index is 298. The largest absolute Gasteiger partial charge is 0.465 e. The van der Waals surface area contributed by atoms with Crippen molar-refractivity contribution in [3.63, 3.8) is 0 Å². The van der Waals surface area contributed by atoms with Crippen LogP contribution in [0.25, 0.3) is 0 Å². The first-order valence-corrected chi connectivity index (χ1v) is 5.18. The Morgan fingerprint density at radius 2 is 2.07 bits per heavy atom. The van der Waals surface area contributed by atoms with E-state index in [2.05, 4.69) is 5.32 Å². The van der Waals surface area contributed by atoms with Crippen LogP contribution < -0.4 is 5.32 Å². The molecule has 3 heteroatoms. The second-order valence-electron chi connectivity index (χ2n) is 3.34. The Hall–Kier alpha value is -1.35. The van der Waals surface area contributed by atoms with E-state index in [9.17, 15) is 4.79 Å². The van der Waals surface area contributed by atoms with Gasteiger partial charge in [-0.05, 0) is 19.4 Å². The summed E-state index contributed by atoms with van der Waals surface area (Å²) in [7, 11) is 0. The Balaban J connectivity index is 2.34. The number of rotatable bonds is 5. The van der Waals surface area contributed by atoms with Gasteiger partial charge in [-0.2, -0.15) is 0 Å². The van der Waals surface area contributed by atoms with Gasteiger partial charge in [0.25, 0.3) is 0 Å². The van der Waals surface area contributed by atoms with Gasteiger partial charge in [-0.25, -0.2) is 0 Å². The third-order valence-corrected chi connectivity index (χ3v) is 2.10. The number of nitrogens with one attached hydrogen (secondary N) is 1. The Labute approximate surface area is 90.4 Å². The molecule has 1 N–H and O–H groups in total. The summed E-state index contributed by atoms with van der Waals surface area (Å²) in [5, 5.41) is 3.11. The lowest BCUT2D eigenvalue weighted by Gasteiger charge is -2.12. The summed E-state index contributed by atoms with van der Waals surface area (Å²) in [5.74, 6) is -0.201. The first-order chi connectivity index (χ1) is 7.24. The minimum atomic E-state index is -0.259. The molecule has 0 saturated heterocycles. The van der Waals surface area contributed by atoms with E-state index >= 15 is 0 Å². The van der Waals surface area contributed by atoms with Crippen LogP contribution in [0.1, 0.15) is 19.4 Å². The normalized spacial score (nSPS) is 12.1. The molecule has 82 valence electrons. The fourth-order valence-electron chi connectivity index (χ4n) is 1.22. The van der Waals surface area contributed by atoms with Crippen LogP contribution >= 0.6 is 0 Å². The number of benzene rings is 1. The van der Waals surface area contributed by atoms with E-state index in [4.69, 9.17) is 4.74 Å². The predicted molar refractivity (Wildman–Crippen MR) is 59.4 cm³/mol. The molecule has 0 bridgehead atoms. The zero-order valence-electron chi connectivity index (χ0n) is 9.19. The Morgan fingerprint density at radius 1 is 1.40 bits per heavy atom. The highest BCUT2D eigenvalue weighted by molar-refractivity contribution is 5.75. The topological polar surface area (TPSA) is 38.3 Å². The van der Waals surface area contributed by atoms with Gasteiger partial charge in [-0.15, -0.1) is 0 Å². The van der Waals surface area contributed by atoms with Crippen LogP contribution in [-0.4, -0.2) is 18.6 Å². The van der Waals surface area contributed by atoms with Crippen molar-refractivity contribution in [1.82, 2.24) is 5.32 Å². The lowest BCUT2D eigenvalue weighted by atomic mass is 10.2. The molecule has 0 unspecified atom stereocenters. The lowest BCUT2D eigenvalue weighted by molar-refractivity contribution is -0.145. The molecule has 0 saturated carbocycles. The molecule has 1 aromatic carbocycles. The zero-order valence-corrected chi connectivity index (χ0v) is 9.19.